The molecule has 1 N–H and O–H groups in total. The number of hydrogen-bond acceptors (Lipinski definition) is 4. The molecule has 0 radical (unpaired) electrons. The summed E-state index contributed by atoms with van der Waals surface area (Å²) < 4.78 is 0. The molecule has 2 unspecified atom stereocenters. The van der Waals surface area contributed by atoms with E-state index < -0.39 is 17.9 Å². The number of imide groups is 1. The lowest BCUT2D eigenvalue weighted by molar-refractivity contribution is -0.127. The van der Waals surface area contributed by atoms with Crippen LogP contribution in [0.25, 0.3) is 0 Å². The molecule has 3 rings (SSSR count). The molecule has 0 saturated carbocycles. The van der Waals surface area contributed by atoms with Crippen molar-refractivity contribution in [3.63, 3.8) is 0 Å². The molecule has 1 aliphatic rings. The summed E-state index contributed by atoms with van der Waals surface area (Å²) in [6, 6.07) is 10.9. The first kappa shape index (κ1) is 17.8. The standard InChI is InChI=1S/C20H21N3O3/c1-12(2)17(18(24)22-13(3)16-10-6-7-11-21-16)23-19(25)14-8-4-5-9-15(14)20(23)26/h4-13,17H,1-3H3,(H,22,24). The van der Waals surface area contributed by atoms with Crippen LogP contribution in [-0.4, -0.2) is 33.6 Å². The number of nitrogens with zero attached hydrogens (tertiary/aromatic N) is 2. The Balaban J connectivity index is 1.85. The third-order valence-corrected chi connectivity index (χ3v) is 4.49. The first-order valence-corrected chi connectivity index (χ1v) is 8.60. The zero-order valence-electron chi connectivity index (χ0n) is 15.0. The molecule has 0 spiro atoms. The summed E-state index contributed by atoms with van der Waals surface area (Å²) in [5.74, 6) is -1.45. The number of pyridine rings is 1. The van der Waals surface area contributed by atoms with Gasteiger partial charge in [-0.2, -0.15) is 0 Å². The molecule has 26 heavy (non-hydrogen) atoms. The van der Waals surface area contributed by atoms with Crippen molar-refractivity contribution in [1.82, 2.24) is 15.2 Å². The minimum atomic E-state index is -0.881. The third kappa shape index (κ3) is 3.10. The van der Waals surface area contributed by atoms with Crippen LogP contribution in [0.1, 0.15) is 53.2 Å². The van der Waals surface area contributed by atoms with Crippen molar-refractivity contribution >= 4 is 17.7 Å². The van der Waals surface area contributed by atoms with Crippen molar-refractivity contribution in [2.45, 2.75) is 32.9 Å². The molecule has 2 heterocycles. The van der Waals surface area contributed by atoms with Gasteiger partial charge in [-0.05, 0) is 37.1 Å². The molecule has 6 nitrogen and oxygen atoms in total. The zero-order valence-corrected chi connectivity index (χ0v) is 15.0. The first-order valence-electron chi connectivity index (χ1n) is 8.60. The highest BCUT2D eigenvalue weighted by atomic mass is 16.2. The smallest absolute Gasteiger partial charge is 0.262 e. The fraction of sp³-hybridized carbons (Fsp3) is 0.300. The molecule has 6 heteroatoms. The molecular weight excluding hydrogens is 330 g/mol. The van der Waals surface area contributed by atoms with Gasteiger partial charge < -0.3 is 5.32 Å². The summed E-state index contributed by atoms with van der Waals surface area (Å²) in [7, 11) is 0. The van der Waals surface area contributed by atoms with E-state index in [1.54, 1.807) is 36.5 Å². The van der Waals surface area contributed by atoms with E-state index in [-0.39, 0.29) is 17.9 Å². The van der Waals surface area contributed by atoms with Crippen LogP contribution >= 0.6 is 0 Å². The number of nitrogens with one attached hydrogen (secondary N) is 1. The molecule has 1 aromatic carbocycles. The molecule has 2 aromatic rings. The molecule has 0 aliphatic carbocycles. The first-order chi connectivity index (χ1) is 12.4. The lowest BCUT2D eigenvalue weighted by Crippen LogP contribution is -2.52. The van der Waals surface area contributed by atoms with E-state index >= 15 is 0 Å². The van der Waals surface area contributed by atoms with Crippen molar-refractivity contribution in [2.75, 3.05) is 0 Å². The van der Waals surface area contributed by atoms with Crippen molar-refractivity contribution < 1.29 is 14.4 Å². The summed E-state index contributed by atoms with van der Waals surface area (Å²) in [6.07, 6.45) is 1.65. The maximum atomic E-state index is 12.9. The Morgan fingerprint density at radius 2 is 1.54 bits per heavy atom. The summed E-state index contributed by atoms with van der Waals surface area (Å²) >= 11 is 0. The number of carbonyl (C=O) groups is 3. The van der Waals surface area contributed by atoms with Gasteiger partial charge >= 0.3 is 0 Å². The van der Waals surface area contributed by atoms with Crippen LogP contribution in [0.2, 0.25) is 0 Å². The SMILES string of the molecule is CC(NC(=O)C(C(C)C)N1C(=O)c2ccccc2C1=O)c1ccccn1. The van der Waals surface area contributed by atoms with Gasteiger partial charge in [-0.15, -0.1) is 0 Å². The lowest BCUT2D eigenvalue weighted by atomic mass is 10.0. The molecule has 0 saturated heterocycles. The second-order valence-electron chi connectivity index (χ2n) is 6.70. The fourth-order valence-corrected chi connectivity index (χ4v) is 3.18. The van der Waals surface area contributed by atoms with E-state index in [1.165, 1.54) is 0 Å². The van der Waals surface area contributed by atoms with Gasteiger partial charge in [-0.1, -0.05) is 32.0 Å². The van der Waals surface area contributed by atoms with Gasteiger partial charge in [0.1, 0.15) is 6.04 Å². The van der Waals surface area contributed by atoms with Crippen LogP contribution in [0.3, 0.4) is 0 Å². The van der Waals surface area contributed by atoms with Crippen LogP contribution < -0.4 is 5.32 Å². The van der Waals surface area contributed by atoms with Gasteiger partial charge in [0, 0.05) is 6.20 Å². The number of carbonyl (C=O) groups excluding carboxylic acids is 3. The van der Waals surface area contributed by atoms with E-state index in [2.05, 4.69) is 10.3 Å². The molecular formula is C20H21N3O3. The zero-order chi connectivity index (χ0) is 18.8. The molecule has 0 bridgehead atoms. The second-order valence-corrected chi connectivity index (χ2v) is 6.70. The van der Waals surface area contributed by atoms with E-state index in [1.807, 2.05) is 32.9 Å². The fourth-order valence-electron chi connectivity index (χ4n) is 3.18. The minimum Gasteiger partial charge on any atom is -0.346 e. The van der Waals surface area contributed by atoms with Gasteiger partial charge in [-0.25, -0.2) is 0 Å². The van der Waals surface area contributed by atoms with Crippen LogP contribution in [0, 0.1) is 5.92 Å². The van der Waals surface area contributed by atoms with Gasteiger partial charge in [0.2, 0.25) is 5.91 Å². The quantitative estimate of drug-likeness (QED) is 0.840. The summed E-state index contributed by atoms with van der Waals surface area (Å²) in [6.45, 7) is 5.46. The van der Waals surface area contributed by atoms with Gasteiger partial charge in [-0.3, -0.25) is 24.3 Å². The predicted octanol–water partition coefficient (Wildman–Crippen LogP) is 2.58. The lowest BCUT2D eigenvalue weighted by Gasteiger charge is -2.29. The predicted molar refractivity (Wildman–Crippen MR) is 96.4 cm³/mol. The summed E-state index contributed by atoms with van der Waals surface area (Å²) in [5.41, 5.74) is 1.40. The van der Waals surface area contributed by atoms with Gasteiger partial charge in [0.25, 0.3) is 11.8 Å². The van der Waals surface area contributed by atoms with Crippen molar-refractivity contribution in [3.05, 3.63) is 65.5 Å². The van der Waals surface area contributed by atoms with Crippen molar-refractivity contribution in [3.8, 4) is 0 Å². The van der Waals surface area contributed by atoms with E-state index in [4.69, 9.17) is 0 Å². The van der Waals surface area contributed by atoms with Crippen LogP contribution in [0.5, 0.6) is 0 Å². The molecule has 1 aliphatic heterocycles. The van der Waals surface area contributed by atoms with Gasteiger partial charge in [0.05, 0.1) is 22.9 Å². The highest BCUT2D eigenvalue weighted by Crippen LogP contribution is 2.27. The maximum absolute atomic E-state index is 12.9. The molecule has 3 amide bonds. The Labute approximate surface area is 152 Å². The number of hydrogen-bond donors (Lipinski definition) is 1. The van der Waals surface area contributed by atoms with Gasteiger partial charge in [0.15, 0.2) is 0 Å². The Kier molecular flexibility index (Phi) is 4.84. The molecule has 0 fully saturated rings. The monoisotopic (exact) mass is 351 g/mol. The minimum absolute atomic E-state index is 0.229. The molecule has 2 atom stereocenters. The summed E-state index contributed by atoms with van der Waals surface area (Å²) in [5, 5.41) is 2.87. The summed E-state index contributed by atoms with van der Waals surface area (Å²) in [4.78, 5) is 43.7. The Bertz CT molecular complexity index is 813. The van der Waals surface area contributed by atoms with Crippen LogP contribution in [0.15, 0.2) is 48.7 Å². The van der Waals surface area contributed by atoms with E-state index in [0.29, 0.717) is 16.8 Å². The van der Waals surface area contributed by atoms with E-state index in [0.717, 1.165) is 4.90 Å². The Hall–Kier alpha value is -3.02. The highest BCUT2D eigenvalue weighted by Gasteiger charge is 2.44. The maximum Gasteiger partial charge on any atom is 0.262 e. The number of benzene rings is 1. The van der Waals surface area contributed by atoms with Crippen LogP contribution in [0.4, 0.5) is 0 Å². The van der Waals surface area contributed by atoms with E-state index in [9.17, 15) is 14.4 Å². The third-order valence-electron chi connectivity index (χ3n) is 4.49. The van der Waals surface area contributed by atoms with Crippen molar-refractivity contribution in [2.24, 2.45) is 5.92 Å². The number of fused-ring (bicyclic) bond motifs is 1. The number of rotatable bonds is 5. The average molecular weight is 351 g/mol. The highest BCUT2D eigenvalue weighted by molar-refractivity contribution is 6.22. The van der Waals surface area contributed by atoms with Crippen molar-refractivity contribution in [1.29, 1.82) is 0 Å². The Morgan fingerprint density at radius 1 is 0.962 bits per heavy atom. The van der Waals surface area contributed by atoms with Crippen LogP contribution in [-0.2, 0) is 4.79 Å². The second kappa shape index (κ2) is 7.07. The largest absolute Gasteiger partial charge is 0.346 e. The number of amides is 3. The number of aromatic nitrogens is 1. The average Bonchev–Trinajstić information content (AvgIpc) is 2.88. The topological polar surface area (TPSA) is 79.4 Å². The normalized spacial score (nSPS) is 15.8. The molecule has 1 aromatic heterocycles. The Morgan fingerprint density at radius 3 is 2.04 bits per heavy atom. The molecule has 134 valence electrons.